The number of hydrogen-bond acceptors (Lipinski definition) is 7. The molecule has 5 rings (SSSR count). The van der Waals surface area contributed by atoms with Crippen molar-refractivity contribution in [1.82, 2.24) is 25.2 Å². The molecule has 1 aliphatic rings. The van der Waals surface area contributed by atoms with E-state index in [2.05, 4.69) is 15.3 Å². The average molecular weight is 500 g/mol. The monoisotopic (exact) mass is 499 g/mol. The van der Waals surface area contributed by atoms with E-state index in [0.717, 1.165) is 11.1 Å². The quantitative estimate of drug-likeness (QED) is 0.434. The van der Waals surface area contributed by atoms with Gasteiger partial charge in [0.05, 0.1) is 17.8 Å². The number of nitrogens with two attached hydrogens (primary N) is 1. The molecule has 0 radical (unpaired) electrons. The van der Waals surface area contributed by atoms with Gasteiger partial charge in [0.1, 0.15) is 11.3 Å². The SMILES string of the molecule is Cc1ccc(C(=O)NCC(=O)N2CCN(c3nc(N)nc4ccc(-c5ccc(F)cc5)nc34)CC2)cc1. The number of rotatable bonds is 5. The molecule has 1 aliphatic heterocycles. The smallest absolute Gasteiger partial charge is 0.251 e. The van der Waals surface area contributed by atoms with Crippen LogP contribution in [0.2, 0.25) is 0 Å². The van der Waals surface area contributed by atoms with Gasteiger partial charge in [-0.15, -0.1) is 0 Å². The van der Waals surface area contributed by atoms with Crippen molar-refractivity contribution in [2.75, 3.05) is 43.4 Å². The molecule has 0 saturated carbocycles. The largest absolute Gasteiger partial charge is 0.368 e. The van der Waals surface area contributed by atoms with E-state index < -0.39 is 0 Å². The Hall–Kier alpha value is -4.60. The van der Waals surface area contributed by atoms with Gasteiger partial charge in [0.25, 0.3) is 5.91 Å². The van der Waals surface area contributed by atoms with E-state index in [1.807, 2.05) is 36.1 Å². The number of nitrogen functional groups attached to an aromatic ring is 1. The van der Waals surface area contributed by atoms with Gasteiger partial charge in [0, 0.05) is 37.3 Å². The molecule has 188 valence electrons. The second-order valence-electron chi connectivity index (χ2n) is 8.89. The van der Waals surface area contributed by atoms with Gasteiger partial charge < -0.3 is 20.9 Å². The fourth-order valence-electron chi connectivity index (χ4n) is 4.26. The fraction of sp³-hybridized carbons (Fsp3) is 0.222. The highest BCUT2D eigenvalue weighted by Gasteiger charge is 2.24. The Morgan fingerprint density at radius 1 is 0.919 bits per heavy atom. The van der Waals surface area contributed by atoms with Crippen LogP contribution >= 0.6 is 0 Å². The van der Waals surface area contributed by atoms with E-state index in [0.29, 0.717) is 54.3 Å². The summed E-state index contributed by atoms with van der Waals surface area (Å²) in [4.78, 5) is 42.3. The molecule has 0 bridgehead atoms. The van der Waals surface area contributed by atoms with Crippen molar-refractivity contribution in [3.63, 3.8) is 0 Å². The minimum absolute atomic E-state index is 0.0708. The summed E-state index contributed by atoms with van der Waals surface area (Å²) in [5.74, 6) is -0.0206. The van der Waals surface area contributed by atoms with Crippen molar-refractivity contribution in [2.24, 2.45) is 0 Å². The molecule has 3 N–H and O–H groups in total. The zero-order valence-electron chi connectivity index (χ0n) is 20.3. The third kappa shape index (κ3) is 5.32. The van der Waals surface area contributed by atoms with Crippen LogP contribution in [0, 0.1) is 12.7 Å². The summed E-state index contributed by atoms with van der Waals surface area (Å²) in [6.45, 7) is 3.84. The molecule has 2 aromatic heterocycles. The van der Waals surface area contributed by atoms with Gasteiger partial charge in [0.15, 0.2) is 5.82 Å². The summed E-state index contributed by atoms with van der Waals surface area (Å²) >= 11 is 0. The maximum atomic E-state index is 13.4. The molecule has 1 fully saturated rings. The number of anilines is 2. The number of aromatic nitrogens is 3. The Bertz CT molecular complexity index is 1450. The third-order valence-corrected chi connectivity index (χ3v) is 6.33. The molecule has 10 heteroatoms. The molecule has 37 heavy (non-hydrogen) atoms. The molecular formula is C27H26FN7O2. The Kier molecular flexibility index (Phi) is 6.63. The summed E-state index contributed by atoms with van der Waals surface area (Å²) in [5.41, 5.74) is 10.2. The lowest BCUT2D eigenvalue weighted by atomic mass is 10.1. The number of pyridine rings is 1. The standard InChI is InChI=1S/C27H26FN7O2/c1-17-2-4-19(5-3-17)26(37)30-16-23(36)34-12-14-35(15-13-34)25-24-22(32-27(29)33-25)11-10-21(31-24)18-6-8-20(28)9-7-18/h2-11H,12-16H2,1H3,(H,30,37)(H2,29,32,33). The number of nitrogens with zero attached hydrogens (tertiary/aromatic N) is 5. The normalized spacial score (nSPS) is 13.6. The van der Waals surface area contributed by atoms with E-state index in [9.17, 15) is 14.0 Å². The van der Waals surface area contributed by atoms with E-state index in [-0.39, 0.29) is 30.1 Å². The topological polar surface area (TPSA) is 117 Å². The highest BCUT2D eigenvalue weighted by atomic mass is 19.1. The Morgan fingerprint density at radius 3 is 2.32 bits per heavy atom. The van der Waals surface area contributed by atoms with Crippen molar-refractivity contribution in [3.05, 3.63) is 77.6 Å². The Balaban J connectivity index is 1.27. The van der Waals surface area contributed by atoms with Crippen LogP contribution in [0.5, 0.6) is 0 Å². The Labute approximate surface area is 213 Å². The number of hydrogen-bond donors (Lipinski definition) is 2. The molecule has 0 spiro atoms. The second kappa shape index (κ2) is 10.2. The van der Waals surface area contributed by atoms with Gasteiger partial charge in [-0.2, -0.15) is 4.98 Å². The third-order valence-electron chi connectivity index (χ3n) is 6.33. The number of fused-ring (bicyclic) bond motifs is 1. The molecule has 1 saturated heterocycles. The predicted octanol–water partition coefficient (Wildman–Crippen LogP) is 2.80. The number of benzene rings is 2. The van der Waals surface area contributed by atoms with Gasteiger partial charge in [-0.05, 0) is 55.5 Å². The summed E-state index contributed by atoms with van der Waals surface area (Å²) in [6, 6.07) is 16.9. The molecule has 2 aromatic carbocycles. The minimum Gasteiger partial charge on any atom is -0.368 e. The maximum absolute atomic E-state index is 13.4. The summed E-state index contributed by atoms with van der Waals surface area (Å²) in [5, 5.41) is 2.70. The second-order valence-corrected chi connectivity index (χ2v) is 8.89. The number of carbonyl (C=O) groups is 2. The van der Waals surface area contributed by atoms with Crippen molar-refractivity contribution >= 4 is 34.6 Å². The lowest BCUT2D eigenvalue weighted by Crippen LogP contribution is -2.51. The van der Waals surface area contributed by atoms with E-state index in [4.69, 9.17) is 10.7 Å². The van der Waals surface area contributed by atoms with Gasteiger partial charge in [0.2, 0.25) is 11.9 Å². The fourth-order valence-corrected chi connectivity index (χ4v) is 4.26. The molecule has 0 aliphatic carbocycles. The lowest BCUT2D eigenvalue weighted by molar-refractivity contribution is -0.130. The van der Waals surface area contributed by atoms with E-state index in [1.165, 1.54) is 12.1 Å². The first-order valence-corrected chi connectivity index (χ1v) is 12.0. The van der Waals surface area contributed by atoms with E-state index in [1.54, 1.807) is 29.2 Å². The first-order valence-electron chi connectivity index (χ1n) is 12.0. The number of amides is 2. The summed E-state index contributed by atoms with van der Waals surface area (Å²) < 4.78 is 13.4. The Morgan fingerprint density at radius 2 is 1.62 bits per heavy atom. The molecular weight excluding hydrogens is 473 g/mol. The van der Waals surface area contributed by atoms with Crippen molar-refractivity contribution < 1.29 is 14.0 Å². The zero-order chi connectivity index (χ0) is 25.9. The van der Waals surface area contributed by atoms with E-state index >= 15 is 0 Å². The zero-order valence-corrected chi connectivity index (χ0v) is 20.3. The van der Waals surface area contributed by atoms with Crippen molar-refractivity contribution in [3.8, 4) is 11.3 Å². The van der Waals surface area contributed by atoms with Gasteiger partial charge in [-0.3, -0.25) is 9.59 Å². The highest BCUT2D eigenvalue weighted by molar-refractivity contribution is 5.96. The van der Waals surface area contributed by atoms with Crippen LogP contribution < -0.4 is 16.0 Å². The molecule has 4 aromatic rings. The van der Waals surface area contributed by atoms with Gasteiger partial charge in [-0.25, -0.2) is 14.4 Å². The number of carbonyl (C=O) groups excluding carboxylic acids is 2. The molecule has 9 nitrogen and oxygen atoms in total. The first kappa shape index (κ1) is 24.1. The molecule has 0 atom stereocenters. The number of halogens is 1. The van der Waals surface area contributed by atoms with Crippen molar-refractivity contribution in [2.45, 2.75) is 6.92 Å². The van der Waals surface area contributed by atoms with Crippen LogP contribution in [0.1, 0.15) is 15.9 Å². The predicted molar refractivity (Wildman–Crippen MR) is 139 cm³/mol. The van der Waals surface area contributed by atoms with Crippen LogP contribution in [-0.4, -0.2) is 64.4 Å². The van der Waals surface area contributed by atoms with Crippen LogP contribution in [0.25, 0.3) is 22.3 Å². The number of aryl methyl sites for hydroxylation is 1. The van der Waals surface area contributed by atoms with Crippen LogP contribution in [0.4, 0.5) is 16.2 Å². The first-order chi connectivity index (χ1) is 17.9. The molecule has 2 amide bonds. The van der Waals surface area contributed by atoms with Crippen LogP contribution in [0.3, 0.4) is 0 Å². The number of piperazine rings is 1. The van der Waals surface area contributed by atoms with Crippen molar-refractivity contribution in [1.29, 1.82) is 0 Å². The highest BCUT2D eigenvalue weighted by Crippen LogP contribution is 2.27. The lowest BCUT2D eigenvalue weighted by Gasteiger charge is -2.35. The van der Waals surface area contributed by atoms with Gasteiger partial charge >= 0.3 is 0 Å². The minimum atomic E-state index is -0.316. The average Bonchev–Trinajstić information content (AvgIpc) is 2.92. The van der Waals surface area contributed by atoms with Crippen LogP contribution in [0.15, 0.2) is 60.7 Å². The summed E-state index contributed by atoms with van der Waals surface area (Å²) in [7, 11) is 0. The van der Waals surface area contributed by atoms with Gasteiger partial charge in [-0.1, -0.05) is 17.7 Å². The molecule has 3 heterocycles. The van der Waals surface area contributed by atoms with Crippen LogP contribution in [-0.2, 0) is 4.79 Å². The number of nitrogens with one attached hydrogen (secondary N) is 1. The summed E-state index contributed by atoms with van der Waals surface area (Å²) in [6.07, 6.45) is 0. The molecule has 0 unspecified atom stereocenters. The maximum Gasteiger partial charge on any atom is 0.251 e.